The molecule has 3 rings (SSSR count). The molecular formula is C25H42O4. The van der Waals surface area contributed by atoms with Crippen LogP contribution in [0.4, 0.5) is 0 Å². The molecule has 1 N–H and O–H groups in total. The number of carboxylic acid groups (broad SMARTS) is 1. The van der Waals surface area contributed by atoms with Gasteiger partial charge in [-0.3, -0.25) is 9.59 Å². The summed E-state index contributed by atoms with van der Waals surface area (Å²) in [5.74, 6) is 2.61. The Bertz CT molecular complexity index is 614. The largest absolute Gasteiger partial charge is 0.481 e. The molecular weight excluding hydrogens is 364 g/mol. The standard InChI is InChI=1S/C25H42O4/c1-16(2)7-6-8-17(3)19-9-10-20-18-15-23(28)29-25(5,14-12-22(26)27)21(18)11-13-24(19,20)4/h16-21H,6-15H2,1-5H3,(H,26,27)/t17-,18+,19-,20+,21+,24-,25-/m1/s1. The Labute approximate surface area is 177 Å². The normalized spacial score (nSPS) is 40.3. The second-order valence-electron chi connectivity index (χ2n) is 11.3. The number of rotatable bonds is 8. The van der Waals surface area contributed by atoms with Crippen LogP contribution in [0.3, 0.4) is 0 Å². The van der Waals surface area contributed by atoms with Crippen LogP contribution in [0.2, 0.25) is 0 Å². The fourth-order valence-electron chi connectivity index (χ4n) is 7.52. The summed E-state index contributed by atoms with van der Waals surface area (Å²) in [6.45, 7) is 11.6. The van der Waals surface area contributed by atoms with Gasteiger partial charge in [0.1, 0.15) is 5.60 Å². The molecule has 1 aliphatic heterocycles. The van der Waals surface area contributed by atoms with Crippen LogP contribution in [-0.2, 0) is 14.3 Å². The van der Waals surface area contributed by atoms with Gasteiger partial charge < -0.3 is 9.84 Å². The first kappa shape index (κ1) is 22.6. The molecule has 1 heterocycles. The predicted octanol–water partition coefficient (Wildman–Crippen LogP) is 6.08. The number of fused-ring (bicyclic) bond motifs is 3. The molecule has 29 heavy (non-hydrogen) atoms. The number of hydrogen-bond donors (Lipinski definition) is 1. The van der Waals surface area contributed by atoms with Crippen molar-refractivity contribution in [1.82, 2.24) is 0 Å². The fourth-order valence-corrected chi connectivity index (χ4v) is 7.52. The molecule has 0 spiro atoms. The molecule has 7 atom stereocenters. The zero-order valence-electron chi connectivity index (χ0n) is 19.2. The first-order valence-corrected chi connectivity index (χ1v) is 12.0. The summed E-state index contributed by atoms with van der Waals surface area (Å²) >= 11 is 0. The van der Waals surface area contributed by atoms with E-state index in [0.717, 1.165) is 24.2 Å². The van der Waals surface area contributed by atoms with Crippen LogP contribution in [0.1, 0.15) is 98.8 Å². The minimum atomic E-state index is -0.804. The molecule has 4 heteroatoms. The SMILES string of the molecule is CC(C)CCC[C@@H](C)[C@H]1CC[C@H]2[C@@H]3CC(=O)O[C@](C)(CCC(=O)O)[C@H]3CC[C@]12C. The van der Waals surface area contributed by atoms with Gasteiger partial charge >= 0.3 is 11.9 Å². The number of esters is 1. The summed E-state index contributed by atoms with van der Waals surface area (Å²) in [6.07, 6.45) is 9.76. The van der Waals surface area contributed by atoms with Crippen molar-refractivity contribution in [2.75, 3.05) is 0 Å². The quantitative estimate of drug-likeness (QED) is 0.496. The average molecular weight is 407 g/mol. The van der Waals surface area contributed by atoms with Gasteiger partial charge in [-0.05, 0) is 74.0 Å². The lowest BCUT2D eigenvalue weighted by Gasteiger charge is -2.56. The Morgan fingerprint density at radius 3 is 2.52 bits per heavy atom. The first-order valence-electron chi connectivity index (χ1n) is 12.0. The van der Waals surface area contributed by atoms with Crippen LogP contribution in [0.25, 0.3) is 0 Å². The van der Waals surface area contributed by atoms with E-state index in [1.54, 1.807) is 0 Å². The maximum absolute atomic E-state index is 12.5. The van der Waals surface area contributed by atoms with Gasteiger partial charge in [-0.1, -0.05) is 47.0 Å². The first-order chi connectivity index (χ1) is 13.6. The third-order valence-electron chi connectivity index (χ3n) is 9.01. The molecule has 0 aromatic rings. The summed E-state index contributed by atoms with van der Waals surface area (Å²) in [7, 11) is 0. The number of carbonyl (C=O) groups is 2. The van der Waals surface area contributed by atoms with Crippen molar-refractivity contribution in [3.63, 3.8) is 0 Å². The van der Waals surface area contributed by atoms with E-state index in [2.05, 4.69) is 27.7 Å². The summed E-state index contributed by atoms with van der Waals surface area (Å²) in [5.41, 5.74) is -0.287. The number of hydrogen-bond acceptors (Lipinski definition) is 3. The Morgan fingerprint density at radius 1 is 1.14 bits per heavy atom. The van der Waals surface area contributed by atoms with Crippen LogP contribution in [-0.4, -0.2) is 22.6 Å². The summed E-state index contributed by atoms with van der Waals surface area (Å²) in [4.78, 5) is 23.7. The number of carbonyl (C=O) groups excluding carboxylic acids is 1. The maximum atomic E-state index is 12.5. The van der Waals surface area contributed by atoms with Crippen LogP contribution < -0.4 is 0 Å². The highest BCUT2D eigenvalue weighted by atomic mass is 16.6. The molecule has 3 aliphatic rings. The highest BCUT2D eigenvalue weighted by Crippen LogP contribution is 2.64. The number of cyclic esters (lactones) is 1. The van der Waals surface area contributed by atoms with Crippen LogP contribution in [0.15, 0.2) is 0 Å². The Hall–Kier alpha value is -1.06. The van der Waals surface area contributed by atoms with Gasteiger partial charge in [0.15, 0.2) is 0 Å². The molecule has 166 valence electrons. The van der Waals surface area contributed by atoms with Gasteiger partial charge in [-0.25, -0.2) is 0 Å². The summed E-state index contributed by atoms with van der Waals surface area (Å²) < 4.78 is 5.82. The smallest absolute Gasteiger partial charge is 0.306 e. The predicted molar refractivity (Wildman–Crippen MR) is 114 cm³/mol. The van der Waals surface area contributed by atoms with Crippen LogP contribution in [0, 0.1) is 40.9 Å². The van der Waals surface area contributed by atoms with Crippen molar-refractivity contribution in [3.05, 3.63) is 0 Å². The van der Waals surface area contributed by atoms with Crippen molar-refractivity contribution in [1.29, 1.82) is 0 Å². The second kappa shape index (κ2) is 8.59. The van der Waals surface area contributed by atoms with Gasteiger partial charge in [0.25, 0.3) is 0 Å². The molecule has 3 fully saturated rings. The van der Waals surface area contributed by atoms with E-state index in [4.69, 9.17) is 4.74 Å². The fraction of sp³-hybridized carbons (Fsp3) is 0.920. The minimum Gasteiger partial charge on any atom is -0.481 e. The third kappa shape index (κ3) is 4.51. The van der Waals surface area contributed by atoms with E-state index in [-0.39, 0.29) is 12.4 Å². The van der Waals surface area contributed by atoms with E-state index < -0.39 is 11.6 Å². The zero-order valence-corrected chi connectivity index (χ0v) is 19.2. The third-order valence-corrected chi connectivity index (χ3v) is 9.01. The monoisotopic (exact) mass is 406 g/mol. The molecule has 2 aliphatic carbocycles. The maximum Gasteiger partial charge on any atom is 0.306 e. The van der Waals surface area contributed by atoms with E-state index in [0.29, 0.717) is 36.0 Å². The van der Waals surface area contributed by atoms with Gasteiger partial charge in [0.2, 0.25) is 0 Å². The molecule has 4 nitrogen and oxygen atoms in total. The van der Waals surface area contributed by atoms with Crippen molar-refractivity contribution in [2.45, 2.75) is 104 Å². The Kier molecular flexibility index (Phi) is 6.70. The molecule has 0 bridgehead atoms. The van der Waals surface area contributed by atoms with E-state index in [9.17, 15) is 14.7 Å². The lowest BCUT2D eigenvalue weighted by Crippen LogP contribution is -2.55. The highest BCUT2D eigenvalue weighted by Gasteiger charge is 2.60. The molecule has 1 saturated heterocycles. The van der Waals surface area contributed by atoms with E-state index >= 15 is 0 Å². The van der Waals surface area contributed by atoms with Crippen molar-refractivity contribution in [3.8, 4) is 0 Å². The summed E-state index contributed by atoms with van der Waals surface area (Å²) in [6, 6.07) is 0. The topological polar surface area (TPSA) is 63.6 Å². The number of ether oxygens (including phenoxy) is 1. The van der Waals surface area contributed by atoms with Crippen molar-refractivity contribution in [2.24, 2.45) is 40.9 Å². The minimum absolute atomic E-state index is 0.0739. The van der Waals surface area contributed by atoms with Gasteiger partial charge in [0.05, 0.1) is 0 Å². The molecule has 2 saturated carbocycles. The van der Waals surface area contributed by atoms with Crippen molar-refractivity contribution >= 4 is 11.9 Å². The molecule has 0 aromatic carbocycles. The van der Waals surface area contributed by atoms with Gasteiger partial charge in [-0.2, -0.15) is 0 Å². The van der Waals surface area contributed by atoms with Gasteiger partial charge in [-0.15, -0.1) is 0 Å². The van der Waals surface area contributed by atoms with E-state index in [1.165, 1.54) is 38.5 Å². The van der Waals surface area contributed by atoms with Crippen molar-refractivity contribution < 1.29 is 19.4 Å². The second-order valence-corrected chi connectivity index (χ2v) is 11.3. The molecule has 0 aromatic heterocycles. The van der Waals surface area contributed by atoms with Gasteiger partial charge in [0, 0.05) is 18.8 Å². The Balaban J connectivity index is 1.73. The average Bonchev–Trinajstić information content (AvgIpc) is 2.97. The molecule has 0 amide bonds. The molecule has 0 unspecified atom stereocenters. The van der Waals surface area contributed by atoms with Crippen LogP contribution in [0.5, 0.6) is 0 Å². The Morgan fingerprint density at radius 2 is 1.86 bits per heavy atom. The number of carboxylic acids is 1. The zero-order chi connectivity index (χ0) is 21.4. The highest BCUT2D eigenvalue weighted by molar-refractivity contribution is 5.72. The number of aliphatic carboxylic acids is 1. The lowest BCUT2D eigenvalue weighted by atomic mass is 9.52. The summed E-state index contributed by atoms with van der Waals surface area (Å²) in [5, 5.41) is 9.17. The lowest BCUT2D eigenvalue weighted by molar-refractivity contribution is -0.197. The van der Waals surface area contributed by atoms with E-state index in [1.807, 2.05) is 6.92 Å². The van der Waals surface area contributed by atoms with Crippen LogP contribution >= 0.6 is 0 Å². The molecule has 0 radical (unpaired) electrons.